The van der Waals surface area contributed by atoms with Crippen molar-refractivity contribution in [2.24, 2.45) is 0 Å². The molecule has 0 aromatic rings. The van der Waals surface area contributed by atoms with Crippen molar-refractivity contribution in [1.82, 2.24) is 0 Å². The van der Waals surface area contributed by atoms with Crippen molar-refractivity contribution in [3.63, 3.8) is 0 Å². The number of ether oxygens (including phenoxy) is 4. The highest BCUT2D eigenvalue weighted by atomic mass is 35.5. The van der Waals surface area contributed by atoms with Gasteiger partial charge in [0.1, 0.15) is 19.6 Å². The molecule has 3 fully saturated rings. The fourth-order valence-electron chi connectivity index (χ4n) is 5.53. The van der Waals surface area contributed by atoms with Crippen molar-refractivity contribution in [2.75, 3.05) is 98.9 Å². The van der Waals surface area contributed by atoms with Crippen LogP contribution in [0.15, 0.2) is 0 Å². The van der Waals surface area contributed by atoms with E-state index in [0.717, 1.165) is 73.2 Å². The van der Waals surface area contributed by atoms with E-state index in [1.54, 1.807) is 14.2 Å². The molecule has 1 unspecified atom stereocenters. The van der Waals surface area contributed by atoms with Crippen LogP contribution < -0.4 is 0 Å². The summed E-state index contributed by atoms with van der Waals surface area (Å²) in [5.41, 5.74) is -24.8. The van der Waals surface area contributed by atoms with Gasteiger partial charge in [0.15, 0.2) is 46.4 Å². The molecule has 16 nitrogen and oxygen atoms in total. The lowest BCUT2D eigenvalue weighted by Gasteiger charge is -2.34. The first-order chi connectivity index (χ1) is 27.1. The Morgan fingerprint density at radius 2 is 0.850 bits per heavy atom. The first-order valence-electron chi connectivity index (χ1n) is 17.3. The number of alkyl halides is 13. The summed E-state index contributed by atoms with van der Waals surface area (Å²) < 4.78 is 243. The molecule has 0 aromatic carbocycles. The number of methoxy groups -OCH3 is 2. The largest absolute Gasteiger partial charge is 0.480 e. The van der Waals surface area contributed by atoms with Gasteiger partial charge in [-0.3, -0.25) is 0 Å². The molecule has 1 atom stereocenters. The molecule has 3 saturated heterocycles. The number of hydrogen-bond acceptors (Lipinski definition) is 12. The molecule has 0 aromatic heterocycles. The first-order valence-corrected chi connectivity index (χ1v) is 23.6. The van der Waals surface area contributed by atoms with E-state index >= 15 is 0 Å². The van der Waals surface area contributed by atoms with Crippen LogP contribution >= 0.6 is 11.6 Å². The summed E-state index contributed by atoms with van der Waals surface area (Å²) in [4.78, 5) is 0. The SMILES string of the molecule is COCC[N+]1(CCCl)CCCC1.COCC[N+]1(CCOC2CCCCO2)CCCC1.O=S(=O)([N-]S(=O)(=O)C(F)(F)F)C(F)(F)F.O=S(=O)([N-]S(=O)(=O)C(F)(F)F)C(F)(F)F. The van der Waals surface area contributed by atoms with Crippen LogP contribution in [0, 0.1) is 0 Å². The molecule has 0 bridgehead atoms. The average Bonchev–Trinajstić information content (AvgIpc) is 3.76. The zero-order valence-electron chi connectivity index (χ0n) is 32.0. The summed E-state index contributed by atoms with van der Waals surface area (Å²) in [6, 6.07) is 0. The Hall–Kier alpha value is -1.07. The highest BCUT2D eigenvalue weighted by Crippen LogP contribution is 2.37. The lowest BCUT2D eigenvalue weighted by molar-refractivity contribution is -0.917. The van der Waals surface area contributed by atoms with Crippen molar-refractivity contribution in [3.8, 4) is 0 Å². The predicted octanol–water partition coefficient (Wildman–Crippen LogP) is 5.39. The van der Waals surface area contributed by atoms with Crippen molar-refractivity contribution < 1.29 is 114 Å². The van der Waals surface area contributed by atoms with Crippen LogP contribution in [0.5, 0.6) is 0 Å². The summed E-state index contributed by atoms with van der Waals surface area (Å²) in [5.74, 6) is 0.781. The van der Waals surface area contributed by atoms with Gasteiger partial charge in [0.05, 0.1) is 58.4 Å². The van der Waals surface area contributed by atoms with E-state index in [2.05, 4.69) is 0 Å². The van der Waals surface area contributed by atoms with E-state index in [0.29, 0.717) is 0 Å². The molecule has 362 valence electrons. The molecule has 3 rings (SSSR count). The third kappa shape index (κ3) is 20.2. The summed E-state index contributed by atoms with van der Waals surface area (Å²) >= 11 is 5.79. The number of hydrogen-bond donors (Lipinski definition) is 0. The van der Waals surface area contributed by atoms with Gasteiger partial charge in [-0.1, -0.05) is 0 Å². The zero-order valence-corrected chi connectivity index (χ0v) is 36.0. The summed E-state index contributed by atoms with van der Waals surface area (Å²) in [6.07, 6.45) is 8.98. The van der Waals surface area contributed by atoms with E-state index in [9.17, 15) is 86.4 Å². The maximum absolute atomic E-state index is 11.4. The van der Waals surface area contributed by atoms with Crippen LogP contribution in [0.4, 0.5) is 52.7 Å². The van der Waals surface area contributed by atoms with Crippen LogP contribution in [0.1, 0.15) is 44.9 Å². The molecule has 3 aliphatic rings. The molecule has 0 spiro atoms. The Morgan fingerprint density at radius 1 is 0.533 bits per heavy atom. The van der Waals surface area contributed by atoms with Gasteiger partial charge in [-0.2, -0.15) is 52.7 Å². The van der Waals surface area contributed by atoms with Gasteiger partial charge in [0.25, 0.3) is 0 Å². The summed E-state index contributed by atoms with van der Waals surface area (Å²) in [7, 11) is -23.3. The number of sulfonamides is 4. The summed E-state index contributed by atoms with van der Waals surface area (Å²) in [6.45, 7) is 13.1. The minimum atomic E-state index is -6.72. The number of nitrogens with zero attached hydrogens (tertiary/aromatic N) is 4. The van der Waals surface area contributed by atoms with Gasteiger partial charge in [-0.15, -0.1) is 11.6 Å². The van der Waals surface area contributed by atoms with Crippen LogP contribution in [0.25, 0.3) is 8.25 Å². The third-order valence-corrected chi connectivity index (χ3v) is 14.3. The van der Waals surface area contributed by atoms with E-state index in [1.807, 2.05) is 0 Å². The molecule has 33 heteroatoms. The first kappa shape index (κ1) is 58.9. The van der Waals surface area contributed by atoms with E-state index < -0.39 is 62.1 Å². The predicted molar refractivity (Wildman–Crippen MR) is 189 cm³/mol. The van der Waals surface area contributed by atoms with Gasteiger partial charge >= 0.3 is 22.0 Å². The fourth-order valence-corrected chi connectivity index (χ4v) is 9.31. The maximum Gasteiger partial charge on any atom is 0.480 e. The van der Waals surface area contributed by atoms with Gasteiger partial charge in [-0.25, -0.2) is 33.7 Å². The number of halogens is 13. The highest BCUT2D eigenvalue weighted by molar-refractivity contribution is 8.13. The van der Waals surface area contributed by atoms with Crippen molar-refractivity contribution in [1.29, 1.82) is 0 Å². The lowest BCUT2D eigenvalue weighted by Crippen LogP contribution is -2.49. The Balaban J connectivity index is 0.000000782. The molecule has 0 amide bonds. The number of rotatable bonds is 16. The molecule has 3 heterocycles. The van der Waals surface area contributed by atoms with Gasteiger partial charge < -0.3 is 36.2 Å². The second-order valence-corrected chi connectivity index (χ2v) is 20.3. The fraction of sp³-hybridized carbons (Fsp3) is 1.00. The molecule has 60 heavy (non-hydrogen) atoms. The smallest absolute Gasteiger partial charge is 0.421 e. The van der Waals surface area contributed by atoms with Crippen LogP contribution in [0.3, 0.4) is 0 Å². The maximum atomic E-state index is 11.4. The van der Waals surface area contributed by atoms with E-state index in [4.69, 9.17) is 30.5 Å². The molecular weight excluding hydrogens is 964 g/mol. The normalized spacial score (nSPS) is 20.2. The number of likely N-dealkylation sites (tertiary alicyclic amines) is 2. The van der Waals surface area contributed by atoms with Crippen LogP contribution in [-0.2, 0) is 59.0 Å². The highest BCUT2D eigenvalue weighted by Gasteiger charge is 2.48. The van der Waals surface area contributed by atoms with Crippen LogP contribution in [-0.4, -0.2) is 170 Å². The van der Waals surface area contributed by atoms with Gasteiger partial charge in [0.2, 0.25) is 0 Å². The third-order valence-electron chi connectivity index (χ3n) is 8.70. The number of quaternary nitrogens is 2. The molecule has 0 radical (unpaired) electrons. The standard InChI is InChI=1S/C14H28NO3.C9H19ClNO.2C2F6NO4S2/c1-16-12-9-15(7-3-4-8-15)10-13-18-14-6-2-5-11-17-14;1-12-9-8-11(7-4-10)5-2-3-6-11;2*3-1(4,5)14(10,11)9-15(12,13)2(6,7)8/h14H,2-13H2,1H3;2-9H2,1H3;;/q2*+1;2*-1. The monoisotopic (exact) mass is 1010 g/mol. The second kappa shape index (κ2) is 24.3. The van der Waals surface area contributed by atoms with Crippen molar-refractivity contribution >= 4 is 51.7 Å². The Kier molecular flexibility index (Phi) is 23.9. The minimum Gasteiger partial charge on any atom is -0.421 e. The Labute approximate surface area is 345 Å². The molecular formula is C27H47ClF12N4O12S4. The van der Waals surface area contributed by atoms with E-state index in [1.165, 1.54) is 73.7 Å². The zero-order chi connectivity index (χ0) is 47.0. The second-order valence-electron chi connectivity index (χ2n) is 13.1. The average molecular weight is 1010 g/mol. The van der Waals surface area contributed by atoms with Crippen LogP contribution in [0.2, 0.25) is 0 Å². The van der Waals surface area contributed by atoms with E-state index in [-0.39, 0.29) is 6.29 Å². The summed E-state index contributed by atoms with van der Waals surface area (Å²) in [5, 5.41) is 0. The van der Waals surface area contributed by atoms with Crippen molar-refractivity contribution in [3.05, 3.63) is 8.25 Å². The Morgan fingerprint density at radius 3 is 1.12 bits per heavy atom. The Bertz CT molecular complexity index is 1530. The lowest BCUT2D eigenvalue weighted by atomic mass is 10.2. The van der Waals surface area contributed by atoms with Gasteiger partial charge in [-0.05, 0) is 19.3 Å². The molecule has 0 aliphatic carbocycles. The molecule has 0 saturated carbocycles. The minimum absolute atomic E-state index is 0.0591. The van der Waals surface area contributed by atoms with Gasteiger partial charge in [0, 0.05) is 46.5 Å². The molecule has 3 aliphatic heterocycles. The topological polar surface area (TPSA) is 202 Å². The quantitative estimate of drug-likeness (QED) is 0.109. The van der Waals surface area contributed by atoms with Crippen molar-refractivity contribution in [2.45, 2.75) is 73.3 Å². The molecule has 0 N–H and O–H groups in total.